The van der Waals surface area contributed by atoms with E-state index in [1.54, 1.807) is 35.8 Å². The lowest BCUT2D eigenvalue weighted by molar-refractivity contribution is -0.377. The molecule has 0 saturated carbocycles. The van der Waals surface area contributed by atoms with Crippen LogP contribution in [0, 0.1) is 15.6 Å². The summed E-state index contributed by atoms with van der Waals surface area (Å²) in [6, 6.07) is 8.68. The standard InChI is InChI=1S/C14H14N6O5/c21-18-14(16-11-4-2-1-3-5-11)17-15-9-10-6-7-12(19(22)23)8-13(10)20(24)25/h1-9,15,24-25H,(H2-2,16,17,18,21,22,23)/q-2. The number of allylic oxidation sites excluding steroid dienone is 3. The maximum Gasteiger partial charge on any atom is 0.225 e. The Hall–Kier alpha value is -3.54. The van der Waals surface area contributed by atoms with E-state index in [0.717, 1.165) is 6.08 Å². The summed E-state index contributed by atoms with van der Waals surface area (Å²) in [7, 11) is 0. The summed E-state index contributed by atoms with van der Waals surface area (Å²) in [5, 5.41) is 50.5. The lowest BCUT2D eigenvalue weighted by atomic mass is 10.1. The highest BCUT2D eigenvalue weighted by Crippen LogP contribution is 2.17. The van der Waals surface area contributed by atoms with E-state index >= 15 is 0 Å². The minimum Gasteiger partial charge on any atom is -0.759 e. The van der Waals surface area contributed by atoms with Crippen molar-refractivity contribution in [3.8, 4) is 0 Å². The van der Waals surface area contributed by atoms with E-state index in [2.05, 4.69) is 15.8 Å². The number of guanidine groups is 1. The monoisotopic (exact) mass is 346 g/mol. The van der Waals surface area contributed by atoms with Crippen molar-refractivity contribution in [2.24, 2.45) is 4.99 Å². The first-order chi connectivity index (χ1) is 12.0. The van der Waals surface area contributed by atoms with E-state index in [4.69, 9.17) is 0 Å². The number of hydrogen-bond donors (Lipinski definition) is 5. The molecule has 2 rings (SSSR count). The van der Waals surface area contributed by atoms with Crippen molar-refractivity contribution < 1.29 is 15.3 Å². The Morgan fingerprint density at radius 2 is 1.88 bits per heavy atom. The zero-order valence-corrected chi connectivity index (χ0v) is 12.7. The number of hydrogen-bond acceptors (Lipinski definition) is 8. The number of nitrogens with one attached hydrogen (secondary N) is 3. The molecule has 1 aromatic rings. The Labute approximate surface area is 141 Å². The van der Waals surface area contributed by atoms with Crippen LogP contribution in [0.25, 0.3) is 0 Å². The van der Waals surface area contributed by atoms with Crippen LogP contribution in [0.5, 0.6) is 0 Å². The molecule has 11 heteroatoms. The second kappa shape index (κ2) is 8.35. The highest BCUT2D eigenvalue weighted by Gasteiger charge is 2.16. The molecular formula is C14H14N6O5-2. The zero-order chi connectivity index (χ0) is 18.2. The minimum absolute atomic E-state index is 0.143. The normalized spacial score (nSPS) is 15.6. The van der Waals surface area contributed by atoms with Gasteiger partial charge < -0.3 is 26.5 Å². The molecule has 0 fully saturated rings. The molecule has 1 aromatic carbocycles. The molecule has 0 atom stereocenters. The molecule has 0 amide bonds. The highest BCUT2D eigenvalue weighted by molar-refractivity contribution is 6.03. The lowest BCUT2D eigenvalue weighted by Gasteiger charge is -2.19. The summed E-state index contributed by atoms with van der Waals surface area (Å²) in [6.45, 7) is 0. The summed E-state index contributed by atoms with van der Waals surface area (Å²) < 4.78 is 0. The van der Waals surface area contributed by atoms with Gasteiger partial charge in [-0.05, 0) is 18.2 Å². The van der Waals surface area contributed by atoms with Crippen molar-refractivity contribution in [2.45, 2.75) is 0 Å². The van der Waals surface area contributed by atoms with E-state index in [1.165, 1.54) is 18.4 Å². The first kappa shape index (κ1) is 17.8. The molecule has 11 nitrogen and oxygen atoms in total. The number of rotatable bonds is 4. The molecule has 5 N–H and O–H groups in total. The molecule has 132 valence electrons. The fourth-order valence-electron chi connectivity index (χ4n) is 1.83. The van der Waals surface area contributed by atoms with E-state index in [-0.39, 0.29) is 28.2 Å². The second-order valence-corrected chi connectivity index (χ2v) is 4.60. The quantitative estimate of drug-likeness (QED) is 0.228. The zero-order valence-electron chi connectivity index (χ0n) is 12.7. The number of aliphatic imine (C=N–C) groups is 1. The second-order valence-electron chi connectivity index (χ2n) is 4.60. The fraction of sp³-hybridized carbons (Fsp3) is 0. The third kappa shape index (κ3) is 4.97. The molecule has 1 aliphatic rings. The van der Waals surface area contributed by atoms with Crippen LogP contribution in [-0.4, -0.2) is 32.2 Å². The average molecular weight is 346 g/mol. The highest BCUT2D eigenvalue weighted by atomic mass is 16.8. The number of nitrogens with zero attached hydrogens (tertiary/aromatic N) is 3. The van der Waals surface area contributed by atoms with Crippen molar-refractivity contribution in [1.82, 2.24) is 21.6 Å². The largest absolute Gasteiger partial charge is 0.759 e. The molecular weight excluding hydrogens is 332 g/mol. The van der Waals surface area contributed by atoms with Crippen LogP contribution in [0.4, 0.5) is 5.69 Å². The number of para-hydroxylation sites is 1. The van der Waals surface area contributed by atoms with Gasteiger partial charge in [0.1, 0.15) is 5.70 Å². The predicted octanol–water partition coefficient (Wildman–Crippen LogP) is 0.723. The molecule has 0 saturated heterocycles. The Morgan fingerprint density at radius 3 is 2.48 bits per heavy atom. The van der Waals surface area contributed by atoms with Crippen molar-refractivity contribution >= 4 is 17.4 Å². The van der Waals surface area contributed by atoms with Crippen LogP contribution in [0.1, 0.15) is 0 Å². The van der Waals surface area contributed by atoms with Gasteiger partial charge in [0.15, 0.2) is 0 Å². The molecule has 1 aliphatic carbocycles. The summed E-state index contributed by atoms with van der Waals surface area (Å²) in [4.78, 5) is 3.33. The Bertz CT molecular complexity index is 750. The smallest absolute Gasteiger partial charge is 0.225 e. The van der Waals surface area contributed by atoms with Crippen molar-refractivity contribution in [3.63, 3.8) is 0 Å². The van der Waals surface area contributed by atoms with Crippen molar-refractivity contribution in [2.75, 3.05) is 0 Å². The molecule has 0 heterocycles. The molecule has 0 bridgehead atoms. The van der Waals surface area contributed by atoms with Crippen LogP contribution in [0.15, 0.2) is 71.0 Å². The van der Waals surface area contributed by atoms with Gasteiger partial charge in [-0.3, -0.25) is 15.8 Å². The van der Waals surface area contributed by atoms with Gasteiger partial charge in [-0.15, -0.1) is 5.23 Å². The summed E-state index contributed by atoms with van der Waals surface area (Å²) in [5.41, 5.74) is 6.79. The van der Waals surface area contributed by atoms with Gasteiger partial charge in [0, 0.05) is 23.9 Å². The first-order valence-corrected chi connectivity index (χ1v) is 6.84. The SMILES string of the molecule is [O-]NC(=Nc1ccccc1)NNC=C1C=CC(=[N+]([O-])[O-])C=C1N(O)O. The molecule has 0 radical (unpaired) electrons. The van der Waals surface area contributed by atoms with Crippen LogP contribution in [-0.2, 0) is 0 Å². The van der Waals surface area contributed by atoms with E-state index in [0.29, 0.717) is 5.69 Å². The summed E-state index contributed by atoms with van der Waals surface area (Å²) in [6.07, 6.45) is 4.71. The number of benzene rings is 1. The number of hydroxylamine groups is 3. The van der Waals surface area contributed by atoms with Gasteiger partial charge in [-0.25, -0.2) is 4.99 Å². The molecule has 0 unspecified atom stereocenters. The van der Waals surface area contributed by atoms with E-state index in [1.807, 2.05) is 0 Å². The van der Waals surface area contributed by atoms with Gasteiger partial charge in [-0.1, -0.05) is 18.2 Å². The topological polar surface area (TPSA) is 164 Å². The predicted molar refractivity (Wildman–Crippen MR) is 89.0 cm³/mol. The minimum atomic E-state index is -0.672. The maximum absolute atomic E-state index is 10.9. The van der Waals surface area contributed by atoms with Gasteiger partial charge in [0.05, 0.1) is 5.69 Å². The molecule has 0 spiro atoms. The summed E-state index contributed by atoms with van der Waals surface area (Å²) in [5.74, 6) is -0.143. The van der Waals surface area contributed by atoms with Gasteiger partial charge >= 0.3 is 0 Å². The Kier molecular flexibility index (Phi) is 5.95. The van der Waals surface area contributed by atoms with Gasteiger partial charge in [0.2, 0.25) is 11.7 Å². The van der Waals surface area contributed by atoms with E-state index < -0.39 is 4.90 Å². The molecule has 25 heavy (non-hydrogen) atoms. The number of hydrazine groups is 1. The summed E-state index contributed by atoms with van der Waals surface area (Å²) >= 11 is 0. The molecule has 0 aromatic heterocycles. The first-order valence-electron chi connectivity index (χ1n) is 6.84. The Morgan fingerprint density at radius 1 is 1.16 bits per heavy atom. The van der Waals surface area contributed by atoms with Crippen LogP contribution in [0.2, 0.25) is 0 Å². The lowest BCUT2D eigenvalue weighted by Crippen LogP contribution is -2.41. The van der Waals surface area contributed by atoms with Crippen molar-refractivity contribution in [1.29, 1.82) is 0 Å². The average Bonchev–Trinajstić information content (AvgIpc) is 2.61. The Balaban J connectivity index is 2.10. The third-order valence-electron chi connectivity index (χ3n) is 2.95. The maximum atomic E-state index is 10.9. The van der Waals surface area contributed by atoms with Crippen molar-refractivity contribution in [3.05, 3.63) is 81.7 Å². The van der Waals surface area contributed by atoms with E-state index in [9.17, 15) is 26.0 Å². The molecule has 0 aliphatic heterocycles. The van der Waals surface area contributed by atoms with Gasteiger partial charge in [-0.2, -0.15) is 4.90 Å². The third-order valence-corrected chi connectivity index (χ3v) is 2.95. The van der Waals surface area contributed by atoms with Crippen LogP contribution >= 0.6 is 0 Å². The van der Waals surface area contributed by atoms with Gasteiger partial charge in [0.25, 0.3) is 0 Å². The van der Waals surface area contributed by atoms with Crippen LogP contribution < -0.4 is 16.3 Å². The van der Waals surface area contributed by atoms with Crippen LogP contribution in [0.3, 0.4) is 0 Å². The fourth-order valence-corrected chi connectivity index (χ4v) is 1.83.